The van der Waals surface area contributed by atoms with E-state index in [1.54, 1.807) is 17.0 Å². The molecule has 0 atom stereocenters. The molecule has 0 radical (unpaired) electrons. The first-order valence-electron chi connectivity index (χ1n) is 10.4. The standard InChI is InChI=1S/C25H24ClIN2O3S/c1-5-11-32-23-20(27)12-17(13-21(23)31-6-2)14-22-24(30)29(15-16(3)4)25(33-22)28-19-9-7-18(26)8-10-19/h1,7-10,12-14,16H,6,11,15H2,2-4H3/b22-14-,28-25?. The Labute approximate surface area is 217 Å². The third-order valence-electron chi connectivity index (χ3n) is 4.42. The number of rotatable bonds is 8. The van der Waals surface area contributed by atoms with Crippen LogP contribution in [0.25, 0.3) is 6.08 Å². The van der Waals surface area contributed by atoms with Crippen LogP contribution in [0, 0.1) is 21.8 Å². The lowest BCUT2D eigenvalue weighted by molar-refractivity contribution is -0.122. The van der Waals surface area contributed by atoms with Gasteiger partial charge in [0, 0.05) is 11.6 Å². The molecule has 0 bridgehead atoms. The Kier molecular flexibility index (Phi) is 9.12. The summed E-state index contributed by atoms with van der Waals surface area (Å²) in [6.07, 6.45) is 7.20. The molecule has 0 spiro atoms. The van der Waals surface area contributed by atoms with E-state index in [1.807, 2.05) is 37.3 Å². The van der Waals surface area contributed by atoms with Crippen molar-refractivity contribution in [1.29, 1.82) is 0 Å². The maximum atomic E-state index is 13.3. The molecule has 1 aliphatic rings. The first-order chi connectivity index (χ1) is 15.8. The quantitative estimate of drug-likeness (QED) is 0.196. The van der Waals surface area contributed by atoms with Crippen LogP contribution >= 0.6 is 46.0 Å². The van der Waals surface area contributed by atoms with E-state index in [2.05, 4.69) is 42.4 Å². The van der Waals surface area contributed by atoms with E-state index >= 15 is 0 Å². The maximum absolute atomic E-state index is 13.3. The van der Waals surface area contributed by atoms with Crippen molar-refractivity contribution in [3.63, 3.8) is 0 Å². The number of carbonyl (C=O) groups excluding carboxylic acids is 1. The summed E-state index contributed by atoms with van der Waals surface area (Å²) in [6.45, 7) is 7.27. The van der Waals surface area contributed by atoms with Gasteiger partial charge in [-0.3, -0.25) is 9.69 Å². The van der Waals surface area contributed by atoms with Gasteiger partial charge in [-0.05, 0) is 95.2 Å². The van der Waals surface area contributed by atoms with Gasteiger partial charge >= 0.3 is 0 Å². The highest BCUT2D eigenvalue weighted by molar-refractivity contribution is 14.1. The third-order valence-corrected chi connectivity index (χ3v) is 6.48. The second-order valence-corrected chi connectivity index (χ2v) is 10.2. The number of benzene rings is 2. The van der Waals surface area contributed by atoms with Crippen molar-refractivity contribution in [2.24, 2.45) is 10.9 Å². The number of hydrogen-bond donors (Lipinski definition) is 0. The van der Waals surface area contributed by atoms with Crippen LogP contribution in [0.4, 0.5) is 5.69 Å². The lowest BCUT2D eigenvalue weighted by Crippen LogP contribution is -2.32. The van der Waals surface area contributed by atoms with Crippen molar-refractivity contribution in [3.05, 3.63) is 55.5 Å². The van der Waals surface area contributed by atoms with Crippen molar-refractivity contribution in [3.8, 4) is 23.8 Å². The summed E-state index contributed by atoms with van der Waals surface area (Å²) >= 11 is 9.54. The van der Waals surface area contributed by atoms with Crippen LogP contribution < -0.4 is 9.47 Å². The number of halogens is 2. The van der Waals surface area contributed by atoms with Gasteiger partial charge in [-0.25, -0.2) is 4.99 Å². The molecule has 1 saturated heterocycles. The van der Waals surface area contributed by atoms with E-state index in [1.165, 1.54) is 11.8 Å². The first kappa shape index (κ1) is 25.5. The van der Waals surface area contributed by atoms with Gasteiger partial charge in [-0.1, -0.05) is 31.4 Å². The predicted molar refractivity (Wildman–Crippen MR) is 145 cm³/mol. The molecule has 8 heteroatoms. The fraction of sp³-hybridized carbons (Fsp3) is 0.280. The number of ether oxygens (including phenoxy) is 2. The summed E-state index contributed by atoms with van der Waals surface area (Å²) in [7, 11) is 0. The molecule has 33 heavy (non-hydrogen) atoms. The minimum atomic E-state index is -0.0676. The summed E-state index contributed by atoms with van der Waals surface area (Å²) in [5, 5.41) is 1.29. The predicted octanol–water partition coefficient (Wildman–Crippen LogP) is 6.62. The molecular formula is C25H24ClIN2O3S. The number of terminal acetylenes is 1. The molecule has 5 nitrogen and oxygen atoms in total. The molecular weight excluding hydrogens is 571 g/mol. The molecule has 1 fully saturated rings. The van der Waals surface area contributed by atoms with Gasteiger partial charge in [0.05, 0.1) is 20.8 Å². The zero-order chi connectivity index (χ0) is 24.0. The smallest absolute Gasteiger partial charge is 0.266 e. The first-order valence-corrected chi connectivity index (χ1v) is 12.7. The van der Waals surface area contributed by atoms with E-state index < -0.39 is 0 Å². The van der Waals surface area contributed by atoms with Crippen LogP contribution in [0.3, 0.4) is 0 Å². The Bertz CT molecular complexity index is 1120. The average Bonchev–Trinajstić information content (AvgIpc) is 3.03. The third kappa shape index (κ3) is 6.69. The van der Waals surface area contributed by atoms with E-state index in [0.717, 1.165) is 14.8 Å². The van der Waals surface area contributed by atoms with Gasteiger partial charge in [0.2, 0.25) is 0 Å². The van der Waals surface area contributed by atoms with Crippen molar-refractivity contribution in [1.82, 2.24) is 4.90 Å². The molecule has 0 aliphatic carbocycles. The lowest BCUT2D eigenvalue weighted by Gasteiger charge is -2.17. The Morgan fingerprint density at radius 2 is 2.00 bits per heavy atom. The van der Waals surface area contributed by atoms with Crippen molar-refractivity contribution >= 4 is 68.8 Å². The Balaban J connectivity index is 1.98. The summed E-state index contributed by atoms with van der Waals surface area (Å²) in [4.78, 5) is 20.3. The van der Waals surface area contributed by atoms with Crippen LogP contribution in [0.5, 0.6) is 11.5 Å². The molecule has 1 heterocycles. The van der Waals surface area contributed by atoms with Gasteiger partial charge in [-0.2, -0.15) is 0 Å². The minimum Gasteiger partial charge on any atom is -0.490 e. The van der Waals surface area contributed by atoms with Crippen LogP contribution in [0.1, 0.15) is 26.3 Å². The molecule has 1 amide bonds. The summed E-state index contributed by atoms with van der Waals surface area (Å²) < 4.78 is 12.3. The van der Waals surface area contributed by atoms with Gasteiger partial charge in [0.15, 0.2) is 16.7 Å². The number of carbonyl (C=O) groups is 1. The maximum Gasteiger partial charge on any atom is 0.266 e. The van der Waals surface area contributed by atoms with E-state index in [0.29, 0.717) is 45.7 Å². The van der Waals surface area contributed by atoms with E-state index in [9.17, 15) is 4.79 Å². The molecule has 3 rings (SSSR count). The molecule has 1 aliphatic heterocycles. The second-order valence-electron chi connectivity index (χ2n) is 7.55. The van der Waals surface area contributed by atoms with Gasteiger partial charge < -0.3 is 9.47 Å². The van der Waals surface area contributed by atoms with Crippen LogP contribution in [-0.2, 0) is 4.79 Å². The Morgan fingerprint density at radius 1 is 1.27 bits per heavy atom. The highest BCUT2D eigenvalue weighted by Crippen LogP contribution is 2.38. The SMILES string of the molecule is C#CCOc1c(I)cc(/C=C2\SC(=Nc3ccc(Cl)cc3)N(CC(C)C)C2=O)cc1OCC. The number of aliphatic imine (C=N–C) groups is 1. The van der Waals surface area contributed by atoms with Crippen molar-refractivity contribution in [2.45, 2.75) is 20.8 Å². The number of nitrogens with zero attached hydrogens (tertiary/aromatic N) is 2. The highest BCUT2D eigenvalue weighted by Gasteiger charge is 2.33. The van der Waals surface area contributed by atoms with Crippen LogP contribution in [0.15, 0.2) is 46.3 Å². The Morgan fingerprint density at radius 3 is 2.64 bits per heavy atom. The highest BCUT2D eigenvalue weighted by atomic mass is 127. The van der Waals surface area contributed by atoms with Crippen molar-refractivity contribution in [2.75, 3.05) is 19.8 Å². The lowest BCUT2D eigenvalue weighted by atomic mass is 10.1. The zero-order valence-electron chi connectivity index (χ0n) is 18.6. The fourth-order valence-corrected chi connectivity index (χ4v) is 5.00. The fourth-order valence-electron chi connectivity index (χ4n) is 3.08. The number of hydrogen-bond acceptors (Lipinski definition) is 5. The molecule has 2 aromatic rings. The summed E-state index contributed by atoms with van der Waals surface area (Å²) in [6, 6.07) is 11.0. The molecule has 0 unspecified atom stereocenters. The van der Waals surface area contributed by atoms with Gasteiger partial charge in [0.25, 0.3) is 5.91 Å². The second kappa shape index (κ2) is 11.8. The topological polar surface area (TPSA) is 51.1 Å². The number of amidine groups is 1. The summed E-state index contributed by atoms with van der Waals surface area (Å²) in [5.74, 6) is 3.90. The van der Waals surface area contributed by atoms with Crippen LogP contribution in [0.2, 0.25) is 5.02 Å². The molecule has 2 aromatic carbocycles. The van der Waals surface area contributed by atoms with Gasteiger partial charge in [-0.15, -0.1) is 6.42 Å². The van der Waals surface area contributed by atoms with Gasteiger partial charge in [0.1, 0.15) is 6.61 Å². The molecule has 0 N–H and O–H groups in total. The normalized spacial score (nSPS) is 16.0. The summed E-state index contributed by atoms with van der Waals surface area (Å²) in [5.41, 5.74) is 1.58. The van der Waals surface area contributed by atoms with E-state index in [-0.39, 0.29) is 12.5 Å². The van der Waals surface area contributed by atoms with Crippen LogP contribution in [-0.4, -0.2) is 35.7 Å². The average molecular weight is 595 g/mol. The minimum absolute atomic E-state index is 0.0676. The van der Waals surface area contributed by atoms with E-state index in [4.69, 9.17) is 32.5 Å². The largest absolute Gasteiger partial charge is 0.490 e. The number of thioether (sulfide) groups is 1. The zero-order valence-corrected chi connectivity index (χ0v) is 22.3. The number of amides is 1. The molecule has 0 aromatic heterocycles. The van der Waals surface area contributed by atoms with Crippen molar-refractivity contribution < 1.29 is 14.3 Å². The monoisotopic (exact) mass is 594 g/mol. The Hall–Kier alpha value is -2.15. The molecule has 0 saturated carbocycles. The molecule has 172 valence electrons.